The van der Waals surface area contributed by atoms with Crippen LogP contribution in [0, 0.1) is 0 Å². The molecule has 1 heterocycles. The first kappa shape index (κ1) is 18.8. The number of hydrogen-bond acceptors (Lipinski definition) is 3. The second-order valence-electron chi connectivity index (χ2n) is 4.56. The summed E-state index contributed by atoms with van der Waals surface area (Å²) in [5, 5.41) is 5.66. The van der Waals surface area contributed by atoms with Crippen LogP contribution in [0.15, 0.2) is 24.3 Å². The minimum atomic E-state index is -3.44. The van der Waals surface area contributed by atoms with E-state index < -0.39 is 13.6 Å². The van der Waals surface area contributed by atoms with E-state index in [4.69, 9.17) is 47.0 Å². The molecule has 1 aromatic carbocycles. The van der Waals surface area contributed by atoms with E-state index >= 15 is 0 Å². The van der Waals surface area contributed by atoms with Crippen LogP contribution in [0.25, 0.3) is 0 Å². The summed E-state index contributed by atoms with van der Waals surface area (Å²) in [5.74, 6) is 0.479. The van der Waals surface area contributed by atoms with Gasteiger partial charge in [0.05, 0.1) is 5.69 Å². The Morgan fingerprint density at radius 1 is 1.22 bits per heavy atom. The number of alkyl halides is 2. The fraction of sp³-hybridized carbons (Fsp3) is 0.333. The second-order valence-corrected chi connectivity index (χ2v) is 8.30. The van der Waals surface area contributed by atoms with Crippen molar-refractivity contribution in [2.45, 2.75) is 0 Å². The summed E-state index contributed by atoms with van der Waals surface area (Å²) >= 11 is 22.6. The number of thiocarbonyl (C=S) groups is 1. The maximum atomic E-state index is 13.0. The second kappa shape index (κ2) is 8.01. The van der Waals surface area contributed by atoms with Crippen LogP contribution >= 0.6 is 54.6 Å². The fourth-order valence-corrected chi connectivity index (χ4v) is 5.27. The predicted molar refractivity (Wildman–Crippen MR) is 98.8 cm³/mol. The number of nitrogens with zero attached hydrogens (tertiary/aromatic N) is 2. The zero-order valence-electron chi connectivity index (χ0n) is 11.8. The molecule has 0 aliphatic carbocycles. The lowest BCUT2D eigenvalue weighted by atomic mass is 10.3. The van der Waals surface area contributed by atoms with Crippen LogP contribution in [-0.4, -0.2) is 40.7 Å². The maximum absolute atomic E-state index is 13.0. The summed E-state index contributed by atoms with van der Waals surface area (Å²) in [5.41, 5.74) is 0.472. The predicted octanol–water partition coefficient (Wildman–Crippen LogP) is 3.63. The van der Waals surface area contributed by atoms with Crippen molar-refractivity contribution >= 4 is 71.4 Å². The van der Waals surface area contributed by atoms with Crippen LogP contribution in [0.2, 0.25) is 5.02 Å². The smallest absolute Gasteiger partial charge is 0.284 e. The Labute approximate surface area is 154 Å². The standard InChI is InChI=1S/C12H14Cl3N4O2PS/c13-4-6-18(7-5-14)22(21)16-11(20)19(12(23)17-22)10-3-1-2-9(15)8-10/h1-3,8H,4-7H2,(H2,16,17,20,21,23). The Balaban J connectivity index is 2.26. The van der Waals surface area contributed by atoms with E-state index in [-0.39, 0.29) is 16.9 Å². The third kappa shape index (κ3) is 4.29. The number of amides is 2. The highest BCUT2D eigenvalue weighted by Crippen LogP contribution is 2.44. The Morgan fingerprint density at radius 3 is 2.39 bits per heavy atom. The number of benzene rings is 1. The van der Waals surface area contributed by atoms with E-state index in [2.05, 4.69) is 10.2 Å². The van der Waals surface area contributed by atoms with Crippen molar-refractivity contribution in [2.75, 3.05) is 29.7 Å². The number of hydrogen-bond donors (Lipinski definition) is 2. The van der Waals surface area contributed by atoms with E-state index in [1.165, 1.54) is 9.57 Å². The van der Waals surface area contributed by atoms with Gasteiger partial charge in [-0.2, -0.15) is 0 Å². The van der Waals surface area contributed by atoms with Crippen LogP contribution in [-0.2, 0) is 4.57 Å². The SMILES string of the molecule is O=C1NP(=O)(N(CCCl)CCCl)NC(=S)N1c1cccc(Cl)c1. The van der Waals surface area contributed by atoms with Crippen LogP contribution in [0.3, 0.4) is 0 Å². The molecule has 23 heavy (non-hydrogen) atoms. The van der Waals surface area contributed by atoms with Gasteiger partial charge < -0.3 is 0 Å². The Morgan fingerprint density at radius 2 is 1.87 bits per heavy atom. The summed E-state index contributed by atoms with van der Waals surface area (Å²) in [4.78, 5) is 13.6. The molecule has 1 fully saturated rings. The van der Waals surface area contributed by atoms with Gasteiger partial charge in [0, 0.05) is 29.9 Å². The highest BCUT2D eigenvalue weighted by molar-refractivity contribution is 7.81. The molecular formula is C12H14Cl3N4O2PS. The van der Waals surface area contributed by atoms with E-state index in [0.29, 0.717) is 23.8 Å². The number of rotatable bonds is 6. The normalized spacial score (nSPS) is 21.3. The molecular weight excluding hydrogens is 402 g/mol. The molecule has 1 aliphatic rings. The van der Waals surface area contributed by atoms with Gasteiger partial charge in [0.25, 0.3) is 0 Å². The van der Waals surface area contributed by atoms with Crippen LogP contribution in [0.4, 0.5) is 10.5 Å². The maximum Gasteiger partial charge on any atom is 0.336 e. The highest BCUT2D eigenvalue weighted by Gasteiger charge is 2.41. The summed E-state index contributed by atoms with van der Waals surface area (Å²) in [6.07, 6.45) is 0. The quantitative estimate of drug-likeness (QED) is 0.422. The Kier molecular flexibility index (Phi) is 6.54. The van der Waals surface area contributed by atoms with Crippen LogP contribution in [0.5, 0.6) is 0 Å². The first-order valence-corrected chi connectivity index (χ1v) is 10.1. The summed E-state index contributed by atoms with van der Waals surface area (Å²) in [6, 6.07) is 6.02. The molecule has 1 unspecified atom stereocenters. The summed E-state index contributed by atoms with van der Waals surface area (Å²) < 4.78 is 14.5. The summed E-state index contributed by atoms with van der Waals surface area (Å²) in [6.45, 7) is 0.581. The van der Waals surface area contributed by atoms with Crippen LogP contribution in [0.1, 0.15) is 0 Å². The average molecular weight is 416 g/mol. The molecule has 0 aromatic heterocycles. The molecule has 2 amide bonds. The largest absolute Gasteiger partial charge is 0.336 e. The molecule has 1 atom stereocenters. The topological polar surface area (TPSA) is 64.7 Å². The van der Waals surface area contributed by atoms with Crippen molar-refractivity contribution < 1.29 is 9.36 Å². The molecule has 1 saturated heterocycles. The van der Waals surface area contributed by atoms with E-state index in [0.717, 1.165) is 0 Å². The molecule has 1 aromatic rings. The minimum absolute atomic E-state index is 0.0218. The zero-order chi connectivity index (χ0) is 17.0. The fourth-order valence-electron chi connectivity index (χ4n) is 2.06. The van der Waals surface area contributed by atoms with E-state index in [9.17, 15) is 9.36 Å². The van der Waals surface area contributed by atoms with Gasteiger partial charge in [-0.05, 0) is 30.4 Å². The molecule has 0 radical (unpaired) electrons. The molecule has 126 valence electrons. The molecule has 1 aliphatic heterocycles. The number of urea groups is 1. The Hall–Kier alpha value is -0.560. The van der Waals surface area contributed by atoms with Gasteiger partial charge in [0.2, 0.25) is 0 Å². The van der Waals surface area contributed by atoms with Gasteiger partial charge in [-0.1, -0.05) is 17.7 Å². The van der Waals surface area contributed by atoms with E-state index in [1.54, 1.807) is 24.3 Å². The summed E-state index contributed by atoms with van der Waals surface area (Å²) in [7, 11) is -3.44. The minimum Gasteiger partial charge on any atom is -0.284 e. The molecule has 0 spiro atoms. The van der Waals surface area contributed by atoms with E-state index in [1.807, 2.05) is 0 Å². The monoisotopic (exact) mass is 414 g/mol. The molecule has 6 nitrogen and oxygen atoms in total. The van der Waals surface area contributed by atoms with Crippen LogP contribution < -0.4 is 15.1 Å². The number of halogens is 3. The molecule has 2 N–H and O–H groups in total. The first-order valence-electron chi connectivity index (χ1n) is 6.59. The van der Waals surface area contributed by atoms with Crippen molar-refractivity contribution in [3.63, 3.8) is 0 Å². The lowest BCUT2D eigenvalue weighted by Gasteiger charge is -2.39. The van der Waals surface area contributed by atoms with Gasteiger partial charge in [-0.15, -0.1) is 23.2 Å². The number of carbonyl (C=O) groups excluding carboxylic acids is 1. The molecule has 2 rings (SSSR count). The zero-order valence-corrected chi connectivity index (χ0v) is 15.8. The third-order valence-electron chi connectivity index (χ3n) is 3.05. The van der Waals surface area contributed by atoms with Gasteiger partial charge in [0.1, 0.15) is 0 Å². The highest BCUT2D eigenvalue weighted by atomic mass is 35.5. The van der Waals surface area contributed by atoms with Crippen molar-refractivity contribution in [2.24, 2.45) is 0 Å². The van der Waals surface area contributed by atoms with Crippen molar-refractivity contribution in [3.05, 3.63) is 29.3 Å². The average Bonchev–Trinajstić information content (AvgIpc) is 2.46. The lowest BCUT2D eigenvalue weighted by Crippen LogP contribution is -2.57. The van der Waals surface area contributed by atoms with Crippen molar-refractivity contribution in [3.8, 4) is 0 Å². The molecule has 0 saturated carbocycles. The first-order chi connectivity index (χ1) is 10.9. The van der Waals surface area contributed by atoms with Gasteiger partial charge in [-0.3, -0.25) is 14.7 Å². The number of anilines is 1. The van der Waals surface area contributed by atoms with Gasteiger partial charge >= 0.3 is 13.6 Å². The third-order valence-corrected chi connectivity index (χ3v) is 6.27. The molecule has 0 bridgehead atoms. The van der Waals surface area contributed by atoms with Gasteiger partial charge in [0.15, 0.2) is 5.11 Å². The Bertz CT molecular complexity index is 635. The number of carbonyl (C=O) groups is 1. The number of nitrogens with one attached hydrogen (secondary N) is 2. The van der Waals surface area contributed by atoms with Gasteiger partial charge in [-0.25, -0.2) is 14.4 Å². The van der Waals surface area contributed by atoms with Crippen molar-refractivity contribution in [1.82, 2.24) is 14.8 Å². The molecule has 11 heteroatoms. The van der Waals surface area contributed by atoms with Crippen molar-refractivity contribution in [1.29, 1.82) is 0 Å². The lowest BCUT2D eigenvalue weighted by molar-refractivity contribution is 0.252.